The van der Waals surface area contributed by atoms with Crippen LogP contribution in [0.5, 0.6) is 0 Å². The highest BCUT2D eigenvalue weighted by Gasteiger charge is 2.34. The van der Waals surface area contributed by atoms with Crippen LogP contribution in [0.15, 0.2) is 29.2 Å². The van der Waals surface area contributed by atoms with Gasteiger partial charge < -0.3 is 10.1 Å². The molecule has 1 amide bonds. The van der Waals surface area contributed by atoms with Crippen LogP contribution in [0.25, 0.3) is 0 Å². The van der Waals surface area contributed by atoms with Gasteiger partial charge in [0, 0.05) is 9.77 Å². The number of hydrogen-bond donors (Lipinski definition) is 1. The number of carbonyl (C=O) groups is 2. The van der Waals surface area contributed by atoms with Crippen LogP contribution in [-0.4, -0.2) is 37.9 Å². The number of esters is 1. The fourth-order valence-corrected chi connectivity index (χ4v) is 7.69. The van der Waals surface area contributed by atoms with E-state index in [0.717, 1.165) is 10.5 Å². The molecule has 28 heavy (non-hydrogen) atoms. The van der Waals surface area contributed by atoms with E-state index >= 15 is 0 Å². The van der Waals surface area contributed by atoms with Crippen molar-refractivity contribution in [2.24, 2.45) is 0 Å². The van der Waals surface area contributed by atoms with Crippen LogP contribution in [-0.2, 0) is 38.0 Å². The van der Waals surface area contributed by atoms with E-state index in [9.17, 15) is 18.0 Å². The number of amides is 1. The summed E-state index contributed by atoms with van der Waals surface area (Å²) < 4.78 is 29.1. The number of hydrogen-bond acceptors (Lipinski definition) is 7. The topological polar surface area (TPSA) is 89.5 Å². The number of anilines is 1. The van der Waals surface area contributed by atoms with Crippen molar-refractivity contribution in [3.05, 3.63) is 45.8 Å². The van der Waals surface area contributed by atoms with E-state index in [0.29, 0.717) is 27.4 Å². The second-order valence-corrected chi connectivity index (χ2v) is 11.2. The third kappa shape index (κ3) is 3.70. The van der Waals surface area contributed by atoms with Crippen LogP contribution >= 0.6 is 23.1 Å². The summed E-state index contributed by atoms with van der Waals surface area (Å²) in [6.45, 7) is 1.93. The lowest BCUT2D eigenvalue weighted by atomic mass is 10.1. The summed E-state index contributed by atoms with van der Waals surface area (Å²) in [4.78, 5) is 27.1. The lowest BCUT2D eigenvalue weighted by Crippen LogP contribution is -2.25. The van der Waals surface area contributed by atoms with Crippen molar-refractivity contribution in [3.8, 4) is 0 Å². The Morgan fingerprint density at radius 2 is 2.07 bits per heavy atom. The maximum Gasteiger partial charge on any atom is 0.341 e. The van der Waals surface area contributed by atoms with Crippen LogP contribution in [0.4, 0.5) is 5.00 Å². The molecule has 1 atom stereocenters. The quantitative estimate of drug-likeness (QED) is 0.740. The van der Waals surface area contributed by atoms with Crippen LogP contribution in [0.2, 0.25) is 0 Å². The number of thiophene rings is 1. The molecule has 4 rings (SSSR count). The number of carbonyl (C=O) groups excluding carboxylic acids is 2. The molecule has 1 N–H and O–H groups in total. The molecule has 0 aliphatic carbocycles. The molecule has 0 fully saturated rings. The van der Waals surface area contributed by atoms with Crippen LogP contribution in [0.1, 0.15) is 33.3 Å². The van der Waals surface area contributed by atoms with Crippen molar-refractivity contribution in [1.82, 2.24) is 0 Å². The largest absolute Gasteiger partial charge is 0.462 e. The summed E-state index contributed by atoms with van der Waals surface area (Å²) in [5, 5.41) is 2.98. The predicted octanol–water partition coefficient (Wildman–Crippen LogP) is 3.05. The minimum Gasteiger partial charge on any atom is -0.462 e. The van der Waals surface area contributed by atoms with Gasteiger partial charge in [-0.15, -0.1) is 23.1 Å². The Balaban J connectivity index is 1.61. The van der Waals surface area contributed by atoms with Crippen molar-refractivity contribution >= 4 is 49.8 Å². The van der Waals surface area contributed by atoms with Crippen molar-refractivity contribution in [2.75, 3.05) is 17.7 Å². The Kier molecular flexibility index (Phi) is 5.24. The molecule has 1 aromatic heterocycles. The lowest BCUT2D eigenvalue weighted by Gasteiger charge is -2.13. The highest BCUT2D eigenvalue weighted by atomic mass is 32.2. The number of rotatable bonds is 4. The summed E-state index contributed by atoms with van der Waals surface area (Å²) in [6.07, 6.45) is 0.892. The summed E-state index contributed by atoms with van der Waals surface area (Å²) >= 11 is 2.67. The van der Waals surface area contributed by atoms with E-state index in [-0.39, 0.29) is 35.7 Å². The zero-order chi connectivity index (χ0) is 19.9. The highest BCUT2D eigenvalue weighted by molar-refractivity contribution is 8.01. The second-order valence-electron chi connectivity index (χ2n) is 6.68. The van der Waals surface area contributed by atoms with Gasteiger partial charge in [0.2, 0.25) is 5.91 Å². The van der Waals surface area contributed by atoms with Gasteiger partial charge in [0.15, 0.2) is 9.84 Å². The molecule has 6 nitrogen and oxygen atoms in total. The fourth-order valence-electron chi connectivity index (χ4n) is 3.45. The molecule has 3 heterocycles. The number of benzene rings is 1. The first-order valence-electron chi connectivity index (χ1n) is 8.95. The molecule has 2 aliphatic rings. The van der Waals surface area contributed by atoms with Gasteiger partial charge in [-0.3, -0.25) is 4.79 Å². The standard InChI is InChI=1S/C19H19NO5S3/c1-2-25-19(22)16-12-7-8-28(23,24)10-15(12)27-18(16)20-17(21)14-9-11-5-3-4-6-13(11)26-14/h3-6,14H,2,7-10H2,1H3,(H,20,21). The molecule has 0 saturated carbocycles. The smallest absolute Gasteiger partial charge is 0.341 e. The average Bonchev–Trinajstić information content (AvgIpc) is 3.21. The van der Waals surface area contributed by atoms with Crippen LogP contribution < -0.4 is 5.32 Å². The summed E-state index contributed by atoms with van der Waals surface area (Å²) in [7, 11) is -3.18. The Morgan fingerprint density at radius 1 is 1.29 bits per heavy atom. The lowest BCUT2D eigenvalue weighted by molar-refractivity contribution is -0.115. The van der Waals surface area contributed by atoms with Crippen molar-refractivity contribution < 1.29 is 22.7 Å². The molecule has 148 valence electrons. The minimum atomic E-state index is -3.18. The van der Waals surface area contributed by atoms with E-state index in [1.807, 2.05) is 24.3 Å². The van der Waals surface area contributed by atoms with E-state index < -0.39 is 15.8 Å². The molecular formula is C19H19NO5S3. The monoisotopic (exact) mass is 437 g/mol. The molecule has 2 aromatic rings. The third-order valence-corrected chi connectivity index (χ3v) is 8.96. The number of ether oxygens (including phenoxy) is 1. The Bertz CT molecular complexity index is 1030. The predicted molar refractivity (Wildman–Crippen MR) is 110 cm³/mol. The van der Waals surface area contributed by atoms with Crippen molar-refractivity contribution in [1.29, 1.82) is 0 Å². The maximum atomic E-state index is 12.9. The van der Waals surface area contributed by atoms with Gasteiger partial charge in [-0.1, -0.05) is 18.2 Å². The first-order valence-corrected chi connectivity index (χ1v) is 12.5. The number of sulfone groups is 1. The number of nitrogens with one attached hydrogen (secondary N) is 1. The van der Waals surface area contributed by atoms with Gasteiger partial charge in [-0.2, -0.15) is 0 Å². The van der Waals surface area contributed by atoms with Gasteiger partial charge in [0.05, 0.1) is 28.9 Å². The van der Waals surface area contributed by atoms with Gasteiger partial charge in [-0.05, 0) is 37.0 Å². The SMILES string of the molecule is CCOC(=O)c1c(NC(=O)C2Cc3ccccc3S2)sc2c1CCS(=O)(=O)C2. The molecule has 2 aliphatic heterocycles. The van der Waals surface area contributed by atoms with E-state index in [2.05, 4.69) is 5.32 Å². The molecule has 0 spiro atoms. The van der Waals surface area contributed by atoms with Gasteiger partial charge in [-0.25, -0.2) is 13.2 Å². The van der Waals surface area contributed by atoms with Crippen LogP contribution in [0, 0.1) is 0 Å². The highest BCUT2D eigenvalue weighted by Crippen LogP contribution is 2.41. The Hall–Kier alpha value is -1.84. The van der Waals surface area contributed by atoms with Gasteiger partial charge in [0.1, 0.15) is 5.00 Å². The summed E-state index contributed by atoms with van der Waals surface area (Å²) in [5.41, 5.74) is 2.14. The van der Waals surface area contributed by atoms with E-state index in [1.54, 1.807) is 6.92 Å². The Labute approximate surface area is 171 Å². The number of fused-ring (bicyclic) bond motifs is 2. The summed E-state index contributed by atoms with van der Waals surface area (Å²) in [6, 6.07) is 7.89. The van der Waals surface area contributed by atoms with E-state index in [4.69, 9.17) is 4.74 Å². The molecule has 1 unspecified atom stereocenters. The zero-order valence-electron chi connectivity index (χ0n) is 15.2. The first kappa shape index (κ1) is 19.5. The van der Waals surface area contributed by atoms with Crippen molar-refractivity contribution in [3.63, 3.8) is 0 Å². The minimum absolute atomic E-state index is 0.00428. The van der Waals surface area contributed by atoms with Crippen LogP contribution in [0.3, 0.4) is 0 Å². The molecule has 0 radical (unpaired) electrons. The van der Waals surface area contributed by atoms with Gasteiger partial charge >= 0.3 is 5.97 Å². The Morgan fingerprint density at radius 3 is 2.82 bits per heavy atom. The zero-order valence-corrected chi connectivity index (χ0v) is 17.6. The number of thioether (sulfide) groups is 1. The van der Waals surface area contributed by atoms with E-state index in [1.165, 1.54) is 23.1 Å². The fraction of sp³-hybridized carbons (Fsp3) is 0.368. The molecule has 0 bridgehead atoms. The first-order chi connectivity index (χ1) is 13.4. The average molecular weight is 438 g/mol. The normalized spacial score (nSPS) is 19.5. The molecule has 1 aromatic carbocycles. The third-order valence-electron chi connectivity index (χ3n) is 4.76. The maximum absolute atomic E-state index is 12.9. The summed E-state index contributed by atoms with van der Waals surface area (Å²) in [5.74, 6) is -0.798. The molecule has 9 heteroatoms. The van der Waals surface area contributed by atoms with Crippen molar-refractivity contribution in [2.45, 2.75) is 35.7 Å². The molecule has 0 saturated heterocycles. The second kappa shape index (κ2) is 7.53. The van der Waals surface area contributed by atoms with Gasteiger partial charge in [0.25, 0.3) is 0 Å². The molecular weight excluding hydrogens is 418 g/mol.